The van der Waals surface area contributed by atoms with Crippen LogP contribution in [-0.2, 0) is 12.4 Å². The number of rotatable bonds is 3. The number of nitrogens with one attached hydrogen (secondary N) is 1. The van der Waals surface area contributed by atoms with Gasteiger partial charge < -0.3 is 0 Å². The molecule has 0 fully saturated rings. The van der Waals surface area contributed by atoms with E-state index < -0.39 is 29.5 Å². The molecule has 1 aromatic rings. The molecule has 1 N–H and O–H groups in total. The molecule has 0 bridgehead atoms. The van der Waals surface area contributed by atoms with Gasteiger partial charge in [-0.15, -0.1) is 0 Å². The second kappa shape index (κ2) is 5.71. The summed E-state index contributed by atoms with van der Waals surface area (Å²) in [5.74, 6) is 0. The molecular formula is C12H10F6N2. The van der Waals surface area contributed by atoms with Gasteiger partial charge in [0.25, 0.3) is 0 Å². The van der Waals surface area contributed by atoms with E-state index in [0.717, 1.165) is 0 Å². The van der Waals surface area contributed by atoms with E-state index in [0.29, 0.717) is 12.1 Å². The molecule has 1 atom stereocenters. The summed E-state index contributed by atoms with van der Waals surface area (Å²) in [5.41, 5.74) is -3.22. The van der Waals surface area contributed by atoms with Gasteiger partial charge in [-0.2, -0.15) is 31.6 Å². The number of nitrogens with zero attached hydrogens (tertiary/aromatic N) is 1. The first-order chi connectivity index (χ1) is 9.09. The third-order valence-electron chi connectivity index (χ3n) is 2.48. The number of benzene rings is 1. The zero-order chi connectivity index (χ0) is 15.6. The first kappa shape index (κ1) is 16.3. The molecule has 0 spiro atoms. The van der Waals surface area contributed by atoms with Crippen molar-refractivity contribution in [1.29, 1.82) is 5.26 Å². The Balaban J connectivity index is 3.42. The smallest absolute Gasteiger partial charge is 0.298 e. The number of halogens is 6. The van der Waals surface area contributed by atoms with E-state index in [1.54, 1.807) is 13.0 Å². The van der Waals surface area contributed by atoms with Crippen LogP contribution in [0.2, 0.25) is 0 Å². The Morgan fingerprint density at radius 2 is 1.50 bits per heavy atom. The van der Waals surface area contributed by atoms with Crippen LogP contribution >= 0.6 is 0 Å². The lowest BCUT2D eigenvalue weighted by atomic mass is 10.00. The van der Waals surface area contributed by atoms with Gasteiger partial charge in [-0.3, -0.25) is 5.32 Å². The zero-order valence-electron chi connectivity index (χ0n) is 10.2. The van der Waals surface area contributed by atoms with E-state index in [1.165, 1.54) is 0 Å². The first-order valence-electron chi connectivity index (χ1n) is 5.52. The maximum atomic E-state index is 12.6. The lowest BCUT2D eigenvalue weighted by Crippen LogP contribution is -2.21. The summed E-state index contributed by atoms with van der Waals surface area (Å²) in [5, 5.41) is 11.3. The Labute approximate surface area is 111 Å². The second-order valence-electron chi connectivity index (χ2n) is 3.96. The molecule has 0 aliphatic rings. The topological polar surface area (TPSA) is 35.8 Å². The minimum absolute atomic E-state index is 0.0316. The normalized spacial score (nSPS) is 13.9. The second-order valence-corrected chi connectivity index (χ2v) is 3.96. The van der Waals surface area contributed by atoms with Crippen molar-refractivity contribution in [1.82, 2.24) is 5.32 Å². The summed E-state index contributed by atoms with van der Waals surface area (Å²) in [7, 11) is 0. The van der Waals surface area contributed by atoms with E-state index >= 15 is 0 Å². The minimum atomic E-state index is -4.91. The maximum absolute atomic E-state index is 12.6. The van der Waals surface area contributed by atoms with E-state index in [4.69, 9.17) is 5.26 Å². The summed E-state index contributed by atoms with van der Waals surface area (Å²) in [6.45, 7) is 1.82. The molecule has 2 nitrogen and oxygen atoms in total. The van der Waals surface area contributed by atoms with Crippen LogP contribution in [0.3, 0.4) is 0 Å². The van der Waals surface area contributed by atoms with Gasteiger partial charge in [0.15, 0.2) is 0 Å². The third kappa shape index (κ3) is 3.87. The highest BCUT2D eigenvalue weighted by molar-refractivity contribution is 5.37. The number of hydrogen-bond acceptors (Lipinski definition) is 2. The maximum Gasteiger partial charge on any atom is 0.416 e. The zero-order valence-corrected chi connectivity index (χ0v) is 10.2. The largest absolute Gasteiger partial charge is 0.416 e. The molecule has 0 heterocycles. The van der Waals surface area contributed by atoms with E-state index in [-0.39, 0.29) is 18.2 Å². The van der Waals surface area contributed by atoms with Gasteiger partial charge in [0.1, 0.15) is 6.04 Å². The van der Waals surface area contributed by atoms with Crippen molar-refractivity contribution in [2.24, 2.45) is 0 Å². The van der Waals surface area contributed by atoms with Gasteiger partial charge in [-0.25, -0.2) is 0 Å². The molecule has 0 amide bonds. The highest BCUT2D eigenvalue weighted by atomic mass is 19.4. The predicted octanol–water partition coefficient (Wildman–Crippen LogP) is 3.90. The summed E-state index contributed by atoms with van der Waals surface area (Å²) < 4.78 is 75.7. The van der Waals surface area contributed by atoms with Crippen LogP contribution < -0.4 is 5.32 Å². The lowest BCUT2D eigenvalue weighted by molar-refractivity contribution is -0.143. The number of hydrogen-bond donors (Lipinski definition) is 1. The van der Waals surface area contributed by atoms with E-state index in [1.807, 2.05) is 0 Å². The third-order valence-corrected chi connectivity index (χ3v) is 2.48. The van der Waals surface area contributed by atoms with Crippen molar-refractivity contribution >= 4 is 0 Å². The molecule has 110 valence electrons. The highest BCUT2D eigenvalue weighted by Crippen LogP contribution is 2.37. The average Bonchev–Trinajstić information content (AvgIpc) is 2.33. The first-order valence-corrected chi connectivity index (χ1v) is 5.52. The Morgan fingerprint density at radius 3 is 1.80 bits per heavy atom. The van der Waals surface area contributed by atoms with Gasteiger partial charge in [0, 0.05) is 0 Å². The molecule has 20 heavy (non-hydrogen) atoms. The van der Waals surface area contributed by atoms with Crippen LogP contribution in [0.4, 0.5) is 26.3 Å². The Kier molecular flexibility index (Phi) is 4.65. The van der Waals surface area contributed by atoms with Gasteiger partial charge in [0.05, 0.1) is 17.2 Å². The molecule has 0 saturated carbocycles. The van der Waals surface area contributed by atoms with Crippen molar-refractivity contribution in [3.63, 3.8) is 0 Å². The molecule has 0 radical (unpaired) electrons. The fourth-order valence-corrected chi connectivity index (χ4v) is 1.59. The van der Waals surface area contributed by atoms with Crippen LogP contribution in [-0.4, -0.2) is 6.54 Å². The van der Waals surface area contributed by atoms with Gasteiger partial charge in [-0.05, 0) is 30.3 Å². The van der Waals surface area contributed by atoms with Gasteiger partial charge >= 0.3 is 12.4 Å². The molecule has 0 aromatic heterocycles. The fourth-order valence-electron chi connectivity index (χ4n) is 1.59. The van der Waals surface area contributed by atoms with Crippen LogP contribution in [0.1, 0.15) is 29.7 Å². The molecule has 1 rings (SSSR count). The quantitative estimate of drug-likeness (QED) is 0.859. The standard InChI is InChI=1S/C12H10F6N2/c1-2-20-10(6-19)7-3-8(11(13,14)15)5-9(4-7)12(16,17)18/h3-5,10,20H,2H2,1H3. The van der Waals surface area contributed by atoms with Crippen molar-refractivity contribution in [2.75, 3.05) is 6.54 Å². The molecule has 0 aliphatic carbocycles. The number of nitriles is 1. The molecule has 1 aromatic carbocycles. The summed E-state index contributed by atoms with van der Waals surface area (Å²) in [4.78, 5) is 0. The summed E-state index contributed by atoms with van der Waals surface area (Å²) in [6, 6.07) is 1.52. The Hall–Kier alpha value is -1.75. The molecule has 8 heteroatoms. The fraction of sp³-hybridized carbons (Fsp3) is 0.417. The van der Waals surface area contributed by atoms with E-state index in [9.17, 15) is 26.3 Å². The number of alkyl halides is 6. The van der Waals surface area contributed by atoms with Crippen molar-refractivity contribution in [3.8, 4) is 6.07 Å². The lowest BCUT2D eigenvalue weighted by Gasteiger charge is -2.17. The Morgan fingerprint density at radius 1 is 1.05 bits per heavy atom. The molecular weight excluding hydrogens is 286 g/mol. The van der Waals surface area contributed by atoms with Crippen molar-refractivity contribution in [3.05, 3.63) is 34.9 Å². The van der Waals surface area contributed by atoms with E-state index in [2.05, 4.69) is 5.32 Å². The Bertz CT molecular complexity index is 480. The molecule has 1 unspecified atom stereocenters. The van der Waals surface area contributed by atoms with Crippen LogP contribution in [0.5, 0.6) is 0 Å². The van der Waals surface area contributed by atoms with Gasteiger partial charge in [-0.1, -0.05) is 6.92 Å². The summed E-state index contributed by atoms with van der Waals surface area (Å²) in [6.07, 6.45) is -9.83. The van der Waals surface area contributed by atoms with Crippen molar-refractivity contribution in [2.45, 2.75) is 25.3 Å². The SMILES string of the molecule is CCNC(C#N)c1cc(C(F)(F)F)cc(C(F)(F)F)c1. The van der Waals surface area contributed by atoms with Crippen LogP contribution in [0.15, 0.2) is 18.2 Å². The monoisotopic (exact) mass is 296 g/mol. The van der Waals surface area contributed by atoms with Crippen molar-refractivity contribution < 1.29 is 26.3 Å². The van der Waals surface area contributed by atoms with Gasteiger partial charge in [0.2, 0.25) is 0 Å². The molecule has 0 aliphatic heterocycles. The molecule has 0 saturated heterocycles. The van der Waals surface area contributed by atoms with Crippen LogP contribution in [0, 0.1) is 11.3 Å². The average molecular weight is 296 g/mol. The highest BCUT2D eigenvalue weighted by Gasteiger charge is 2.37. The summed E-state index contributed by atoms with van der Waals surface area (Å²) >= 11 is 0. The minimum Gasteiger partial charge on any atom is -0.298 e. The van der Waals surface area contributed by atoms with Crippen LogP contribution in [0.25, 0.3) is 0 Å². The predicted molar refractivity (Wildman–Crippen MR) is 58.5 cm³/mol.